The van der Waals surface area contributed by atoms with Gasteiger partial charge in [0.25, 0.3) is 0 Å². The summed E-state index contributed by atoms with van der Waals surface area (Å²) in [6.45, 7) is 5.57. The molecule has 0 radical (unpaired) electrons. The molecule has 5 aromatic rings. The maximum Gasteiger partial charge on any atom is 0.175 e. The largest absolute Gasteiger partial charge is 0.339 e. The normalized spacial score (nSPS) is 12.0. The second-order valence-corrected chi connectivity index (χ2v) is 6.55. The van der Waals surface area contributed by atoms with Crippen LogP contribution < -0.4 is 0 Å². The minimum absolute atomic E-state index is 0.460. The molecule has 29 heavy (non-hydrogen) atoms. The second kappa shape index (κ2) is 6.75. The molecule has 0 saturated heterocycles. The summed E-state index contributed by atoms with van der Waals surface area (Å²) in [6.07, 6.45) is 3.47. The van der Waals surface area contributed by atoms with Crippen LogP contribution in [0.25, 0.3) is 33.5 Å². The number of aromatic nitrogens is 6. The number of hydrogen-bond acceptors (Lipinski definition) is 5. The van der Waals surface area contributed by atoms with Crippen LogP contribution in [0.2, 0.25) is 0 Å². The van der Waals surface area contributed by atoms with Gasteiger partial charge in [0.05, 0.1) is 17.4 Å². The van der Waals surface area contributed by atoms with Crippen molar-refractivity contribution in [3.8, 4) is 11.5 Å². The minimum Gasteiger partial charge on any atom is -0.339 e. The highest BCUT2D eigenvalue weighted by Gasteiger charge is 2.12. The predicted molar refractivity (Wildman–Crippen MR) is 114 cm³/mol. The van der Waals surface area contributed by atoms with E-state index in [0.717, 1.165) is 27.5 Å². The van der Waals surface area contributed by atoms with Crippen molar-refractivity contribution < 1.29 is 0 Å². The van der Waals surface area contributed by atoms with Gasteiger partial charge in [-0.3, -0.25) is 10.1 Å². The number of nitrogens with one attached hydrogen (secondary N) is 2. The molecule has 0 aliphatic rings. The summed E-state index contributed by atoms with van der Waals surface area (Å²) in [7, 11) is 0. The highest BCUT2D eigenvalue weighted by molar-refractivity contribution is 6.04. The smallest absolute Gasteiger partial charge is 0.175 e. The van der Waals surface area contributed by atoms with Gasteiger partial charge in [0.15, 0.2) is 23.1 Å². The van der Waals surface area contributed by atoms with Crippen molar-refractivity contribution >= 4 is 40.3 Å². The number of pyridine rings is 2. The van der Waals surface area contributed by atoms with Gasteiger partial charge in [-0.1, -0.05) is 18.2 Å². The van der Waals surface area contributed by atoms with Crippen LogP contribution in [0.3, 0.4) is 0 Å². The number of hydrogen-bond donors (Lipinski definition) is 2. The second-order valence-electron chi connectivity index (χ2n) is 6.55. The number of nitrogens with zero attached hydrogens (tertiary/aromatic N) is 6. The zero-order chi connectivity index (χ0) is 19.8. The first-order valence-electron chi connectivity index (χ1n) is 8.99. The Kier molecular flexibility index (Phi) is 3.94. The summed E-state index contributed by atoms with van der Waals surface area (Å²) in [5, 5.41) is 8.82. The number of aromatic amines is 2. The highest BCUT2D eigenvalue weighted by Crippen LogP contribution is 2.24. The lowest BCUT2D eigenvalue weighted by atomic mass is 10.1. The van der Waals surface area contributed by atoms with Gasteiger partial charge in [-0.15, -0.1) is 0 Å². The van der Waals surface area contributed by atoms with Crippen LogP contribution in [0.5, 0.6) is 0 Å². The third-order valence-corrected chi connectivity index (χ3v) is 4.61. The Morgan fingerprint density at radius 2 is 1.93 bits per heavy atom. The Labute approximate surface area is 165 Å². The Morgan fingerprint density at radius 1 is 1.03 bits per heavy atom. The van der Waals surface area contributed by atoms with Crippen LogP contribution >= 0.6 is 0 Å². The minimum atomic E-state index is 0.460. The lowest BCUT2D eigenvalue weighted by Crippen LogP contribution is -1.97. The molecule has 0 aliphatic carbocycles. The van der Waals surface area contributed by atoms with Gasteiger partial charge in [0, 0.05) is 22.5 Å². The maximum absolute atomic E-state index is 4.61. The summed E-state index contributed by atoms with van der Waals surface area (Å²) in [5.41, 5.74) is 3.91. The van der Waals surface area contributed by atoms with Gasteiger partial charge in [-0.05, 0) is 37.9 Å². The Balaban J connectivity index is 1.55. The molecule has 8 nitrogen and oxygen atoms in total. The number of aryl methyl sites for hydroxylation is 1. The summed E-state index contributed by atoms with van der Waals surface area (Å²) in [6, 6.07) is 13.7. The quantitative estimate of drug-likeness (QED) is 0.364. The third kappa shape index (κ3) is 3.06. The molecular weight excluding hydrogens is 364 g/mol. The number of rotatable bonds is 3. The molecule has 4 heterocycles. The summed E-state index contributed by atoms with van der Waals surface area (Å²) < 4.78 is 0. The lowest BCUT2D eigenvalue weighted by molar-refractivity contribution is 1.09. The first-order valence-corrected chi connectivity index (χ1v) is 8.99. The Hall–Kier alpha value is -4.20. The summed E-state index contributed by atoms with van der Waals surface area (Å²) in [4.78, 5) is 25.6. The molecule has 0 unspecified atom stereocenters. The van der Waals surface area contributed by atoms with Crippen LogP contribution in [-0.4, -0.2) is 42.7 Å². The monoisotopic (exact) mass is 380 g/mol. The number of imidazole rings is 1. The molecule has 4 aromatic heterocycles. The number of benzene rings is 1. The molecule has 0 amide bonds. The van der Waals surface area contributed by atoms with Gasteiger partial charge in [-0.2, -0.15) is 5.10 Å². The highest BCUT2D eigenvalue weighted by atomic mass is 15.1. The van der Waals surface area contributed by atoms with Crippen LogP contribution in [-0.2, 0) is 0 Å². The van der Waals surface area contributed by atoms with E-state index in [9.17, 15) is 0 Å². The van der Waals surface area contributed by atoms with E-state index in [1.807, 2.05) is 49.4 Å². The first kappa shape index (κ1) is 16.9. The third-order valence-electron chi connectivity index (χ3n) is 4.61. The van der Waals surface area contributed by atoms with E-state index in [2.05, 4.69) is 46.8 Å². The van der Waals surface area contributed by atoms with Crippen molar-refractivity contribution in [1.82, 2.24) is 30.1 Å². The molecule has 0 bridgehead atoms. The topological polar surface area (TPSA) is 108 Å². The molecule has 5 rings (SSSR count). The lowest BCUT2D eigenvalue weighted by Gasteiger charge is -2.02. The number of amidine groups is 1. The molecule has 2 N–H and O–H groups in total. The number of fused-ring (bicyclic) bond motifs is 2. The van der Waals surface area contributed by atoms with E-state index in [-0.39, 0.29) is 0 Å². The fraction of sp³-hybridized carbons (Fsp3) is 0.0476. The van der Waals surface area contributed by atoms with Gasteiger partial charge in [0.1, 0.15) is 5.69 Å². The van der Waals surface area contributed by atoms with Gasteiger partial charge >= 0.3 is 0 Å². The maximum atomic E-state index is 4.61. The van der Waals surface area contributed by atoms with Crippen LogP contribution in [0.1, 0.15) is 11.3 Å². The first-order chi connectivity index (χ1) is 14.2. The van der Waals surface area contributed by atoms with E-state index in [4.69, 9.17) is 0 Å². The molecule has 0 spiro atoms. The van der Waals surface area contributed by atoms with E-state index in [1.54, 1.807) is 12.4 Å². The average Bonchev–Trinajstić information content (AvgIpc) is 3.37. The molecule has 0 saturated carbocycles. The van der Waals surface area contributed by atoms with Crippen molar-refractivity contribution in [3.05, 3.63) is 66.1 Å². The standard InChI is InChI=1S/C21H16N8/c1-12-18(28-21(25-12)17-8-7-14-11-24-29-20(14)26-17)27-19(22-2)15-9-13-5-3-4-6-16(13)23-10-15/h3-11H,2H2,1H3,(H,25,28)(H,24,26,29). The van der Waals surface area contributed by atoms with Crippen molar-refractivity contribution in [3.63, 3.8) is 0 Å². The molecule has 8 heteroatoms. The Bertz CT molecular complexity index is 1390. The van der Waals surface area contributed by atoms with Gasteiger partial charge in [0.2, 0.25) is 0 Å². The van der Waals surface area contributed by atoms with Crippen molar-refractivity contribution in [2.45, 2.75) is 6.92 Å². The van der Waals surface area contributed by atoms with E-state index < -0.39 is 0 Å². The molecule has 0 atom stereocenters. The Morgan fingerprint density at radius 3 is 2.83 bits per heavy atom. The fourth-order valence-corrected chi connectivity index (χ4v) is 3.12. The SMILES string of the molecule is C=NC(=Nc1nc(-c2ccc3cn[nH]c3n2)[nH]c1C)c1cnc2ccccc2c1. The zero-order valence-corrected chi connectivity index (χ0v) is 15.6. The summed E-state index contributed by atoms with van der Waals surface area (Å²) >= 11 is 0. The zero-order valence-electron chi connectivity index (χ0n) is 15.6. The number of aliphatic imine (C=N–C) groups is 2. The van der Waals surface area contributed by atoms with Crippen LogP contribution in [0, 0.1) is 6.92 Å². The van der Waals surface area contributed by atoms with E-state index >= 15 is 0 Å². The average molecular weight is 380 g/mol. The van der Waals surface area contributed by atoms with Crippen molar-refractivity contribution in [2.24, 2.45) is 9.98 Å². The van der Waals surface area contributed by atoms with Crippen molar-refractivity contribution in [1.29, 1.82) is 0 Å². The molecule has 0 aliphatic heterocycles. The number of para-hydroxylation sites is 1. The van der Waals surface area contributed by atoms with E-state index in [0.29, 0.717) is 28.8 Å². The van der Waals surface area contributed by atoms with E-state index in [1.165, 1.54) is 0 Å². The molecular formula is C21H16N8. The molecule has 1 aromatic carbocycles. The number of H-pyrrole nitrogens is 2. The molecule has 140 valence electrons. The van der Waals surface area contributed by atoms with Crippen LogP contribution in [0.4, 0.5) is 5.82 Å². The van der Waals surface area contributed by atoms with Crippen molar-refractivity contribution in [2.75, 3.05) is 0 Å². The van der Waals surface area contributed by atoms with Gasteiger partial charge in [-0.25, -0.2) is 20.0 Å². The predicted octanol–water partition coefficient (Wildman–Crippen LogP) is 3.98. The van der Waals surface area contributed by atoms with Gasteiger partial charge < -0.3 is 4.98 Å². The fourth-order valence-electron chi connectivity index (χ4n) is 3.12. The summed E-state index contributed by atoms with van der Waals surface area (Å²) in [5.74, 6) is 1.61. The van der Waals surface area contributed by atoms with Crippen LogP contribution in [0.15, 0.2) is 64.8 Å². The molecule has 0 fully saturated rings.